The van der Waals surface area contributed by atoms with Crippen molar-refractivity contribution in [3.05, 3.63) is 58.1 Å². The van der Waals surface area contributed by atoms with Crippen LogP contribution in [0.5, 0.6) is 11.5 Å². The summed E-state index contributed by atoms with van der Waals surface area (Å²) in [7, 11) is 1.56. The van der Waals surface area contributed by atoms with E-state index in [4.69, 9.17) is 15.2 Å². The molecule has 2 aromatic carbocycles. The molecule has 0 aliphatic rings. The molecule has 0 heterocycles. The van der Waals surface area contributed by atoms with Crippen molar-refractivity contribution in [2.75, 3.05) is 7.11 Å². The van der Waals surface area contributed by atoms with E-state index in [0.29, 0.717) is 18.1 Å². The molecule has 120 valence electrons. The third-order valence-electron chi connectivity index (χ3n) is 2.92. The summed E-state index contributed by atoms with van der Waals surface area (Å²) in [6, 6.07) is 12.4. The number of hydrogen-bond donors (Lipinski definition) is 2. The third-order valence-corrected chi connectivity index (χ3v) is 3.69. The molecule has 2 amide bonds. The van der Waals surface area contributed by atoms with Crippen LogP contribution in [0.25, 0.3) is 0 Å². The minimum Gasteiger partial charge on any atom is -0.493 e. The van der Waals surface area contributed by atoms with Crippen LogP contribution in [0.2, 0.25) is 0 Å². The molecule has 3 N–H and O–H groups in total. The van der Waals surface area contributed by atoms with Gasteiger partial charge in [-0.05, 0) is 29.8 Å². The van der Waals surface area contributed by atoms with Crippen LogP contribution in [0.4, 0.5) is 4.79 Å². The van der Waals surface area contributed by atoms with Crippen LogP contribution in [0, 0.1) is 0 Å². The second kappa shape index (κ2) is 8.19. The number of methoxy groups -OCH3 is 1. The highest BCUT2D eigenvalue weighted by molar-refractivity contribution is 9.10. The number of hydrogen-bond acceptors (Lipinski definition) is 4. The van der Waals surface area contributed by atoms with Crippen molar-refractivity contribution < 1.29 is 14.3 Å². The van der Waals surface area contributed by atoms with Crippen molar-refractivity contribution >= 4 is 28.2 Å². The quantitative estimate of drug-likeness (QED) is 0.599. The van der Waals surface area contributed by atoms with Crippen LogP contribution in [0.1, 0.15) is 11.1 Å². The van der Waals surface area contributed by atoms with E-state index in [-0.39, 0.29) is 0 Å². The van der Waals surface area contributed by atoms with Crippen LogP contribution in [0.15, 0.2) is 52.0 Å². The summed E-state index contributed by atoms with van der Waals surface area (Å²) in [5.74, 6) is 1.18. The maximum Gasteiger partial charge on any atom is 0.332 e. The van der Waals surface area contributed by atoms with Gasteiger partial charge in [0.15, 0.2) is 11.5 Å². The number of primary amides is 1. The summed E-state index contributed by atoms with van der Waals surface area (Å²) in [6.45, 7) is 0.411. The van der Waals surface area contributed by atoms with E-state index in [1.54, 1.807) is 25.3 Å². The molecule has 7 heteroatoms. The van der Waals surface area contributed by atoms with E-state index in [9.17, 15) is 4.79 Å². The van der Waals surface area contributed by atoms with Crippen LogP contribution in [-0.2, 0) is 6.61 Å². The first-order valence-electron chi connectivity index (χ1n) is 6.73. The number of nitrogens with one attached hydrogen (secondary N) is 1. The van der Waals surface area contributed by atoms with Gasteiger partial charge in [-0.1, -0.05) is 34.1 Å². The Labute approximate surface area is 142 Å². The van der Waals surface area contributed by atoms with Crippen molar-refractivity contribution in [3.8, 4) is 11.5 Å². The SMILES string of the molecule is COc1cc(C=NNC(N)=O)ccc1OCc1ccccc1Br. The Balaban J connectivity index is 2.09. The Kier molecular flexibility index (Phi) is 5.99. The highest BCUT2D eigenvalue weighted by atomic mass is 79.9. The number of halogens is 1. The van der Waals surface area contributed by atoms with E-state index in [1.807, 2.05) is 24.3 Å². The zero-order chi connectivity index (χ0) is 16.7. The molecule has 0 radical (unpaired) electrons. The van der Waals surface area contributed by atoms with Gasteiger partial charge >= 0.3 is 6.03 Å². The molecule has 0 atom stereocenters. The molecule has 23 heavy (non-hydrogen) atoms. The van der Waals surface area contributed by atoms with E-state index in [1.165, 1.54) is 6.21 Å². The molecule has 6 nitrogen and oxygen atoms in total. The Morgan fingerprint density at radius 1 is 1.30 bits per heavy atom. The van der Waals surface area contributed by atoms with E-state index in [2.05, 4.69) is 26.5 Å². The molecule has 0 aliphatic carbocycles. The fraction of sp³-hybridized carbons (Fsp3) is 0.125. The number of amides is 2. The molecule has 2 aromatic rings. The van der Waals surface area contributed by atoms with Crippen molar-refractivity contribution in [1.82, 2.24) is 5.43 Å². The van der Waals surface area contributed by atoms with E-state index < -0.39 is 6.03 Å². The van der Waals surface area contributed by atoms with E-state index in [0.717, 1.165) is 15.6 Å². The van der Waals surface area contributed by atoms with Crippen molar-refractivity contribution in [1.29, 1.82) is 0 Å². The van der Waals surface area contributed by atoms with Gasteiger partial charge in [-0.3, -0.25) is 0 Å². The lowest BCUT2D eigenvalue weighted by atomic mass is 10.2. The Bertz CT molecular complexity index is 719. The molecule has 2 rings (SSSR count). The standard InChI is InChI=1S/C16H16BrN3O3/c1-22-15-8-11(9-19-20-16(18)21)6-7-14(15)23-10-12-4-2-3-5-13(12)17/h2-9H,10H2,1H3,(H3,18,20,21). The van der Waals surface area contributed by atoms with Crippen LogP contribution >= 0.6 is 15.9 Å². The third kappa shape index (κ3) is 5.00. The van der Waals surface area contributed by atoms with Crippen molar-refractivity contribution in [2.24, 2.45) is 10.8 Å². The Hall–Kier alpha value is -2.54. The van der Waals surface area contributed by atoms with Gasteiger partial charge in [0, 0.05) is 10.0 Å². The summed E-state index contributed by atoms with van der Waals surface area (Å²) in [5, 5.41) is 3.70. The maximum atomic E-state index is 10.6. The summed E-state index contributed by atoms with van der Waals surface area (Å²) < 4.78 is 12.1. The predicted octanol–water partition coefficient (Wildman–Crippen LogP) is 3.04. The molecule has 0 bridgehead atoms. The second-order valence-corrected chi connectivity index (χ2v) is 5.38. The maximum absolute atomic E-state index is 10.6. The average Bonchev–Trinajstić information content (AvgIpc) is 2.54. The van der Waals surface area contributed by atoms with Gasteiger partial charge < -0.3 is 15.2 Å². The smallest absolute Gasteiger partial charge is 0.332 e. The van der Waals surface area contributed by atoms with Crippen molar-refractivity contribution in [2.45, 2.75) is 6.61 Å². The number of urea groups is 1. The van der Waals surface area contributed by atoms with Gasteiger partial charge in [0.05, 0.1) is 13.3 Å². The van der Waals surface area contributed by atoms with Crippen LogP contribution in [-0.4, -0.2) is 19.4 Å². The predicted molar refractivity (Wildman–Crippen MR) is 91.8 cm³/mol. The van der Waals surface area contributed by atoms with Gasteiger partial charge in [0.25, 0.3) is 0 Å². The van der Waals surface area contributed by atoms with Crippen molar-refractivity contribution in [3.63, 3.8) is 0 Å². The van der Waals surface area contributed by atoms with Crippen LogP contribution < -0.4 is 20.6 Å². The lowest BCUT2D eigenvalue weighted by Crippen LogP contribution is -2.24. The molecule has 0 fully saturated rings. The number of nitrogens with two attached hydrogens (primary N) is 1. The van der Waals surface area contributed by atoms with Crippen LogP contribution in [0.3, 0.4) is 0 Å². The zero-order valence-corrected chi connectivity index (χ0v) is 14.0. The fourth-order valence-electron chi connectivity index (χ4n) is 1.83. The van der Waals surface area contributed by atoms with Gasteiger partial charge in [0.2, 0.25) is 0 Å². The second-order valence-electron chi connectivity index (χ2n) is 4.52. The van der Waals surface area contributed by atoms with Gasteiger partial charge in [-0.25, -0.2) is 10.2 Å². The first-order valence-corrected chi connectivity index (χ1v) is 7.52. The molecule has 0 saturated heterocycles. The molecule has 0 unspecified atom stereocenters. The Morgan fingerprint density at radius 3 is 2.78 bits per heavy atom. The Morgan fingerprint density at radius 2 is 2.09 bits per heavy atom. The number of carbonyl (C=O) groups is 1. The molecule has 0 aromatic heterocycles. The zero-order valence-electron chi connectivity index (χ0n) is 12.5. The molecular formula is C16H16BrN3O3. The largest absolute Gasteiger partial charge is 0.493 e. The molecular weight excluding hydrogens is 362 g/mol. The normalized spacial score (nSPS) is 10.5. The molecule has 0 aliphatic heterocycles. The summed E-state index contributed by atoms with van der Waals surface area (Å²) in [4.78, 5) is 10.6. The lowest BCUT2D eigenvalue weighted by Gasteiger charge is -2.12. The minimum atomic E-state index is -0.721. The number of carbonyl (C=O) groups excluding carboxylic acids is 1. The summed E-state index contributed by atoms with van der Waals surface area (Å²) in [6.07, 6.45) is 1.46. The first kappa shape index (κ1) is 16.8. The lowest BCUT2D eigenvalue weighted by molar-refractivity contribution is 0.249. The monoisotopic (exact) mass is 377 g/mol. The number of rotatable bonds is 6. The minimum absolute atomic E-state index is 0.411. The number of nitrogens with zero attached hydrogens (tertiary/aromatic N) is 1. The highest BCUT2D eigenvalue weighted by Gasteiger charge is 2.07. The van der Waals surface area contributed by atoms with Gasteiger partial charge in [-0.2, -0.15) is 5.10 Å². The number of benzene rings is 2. The first-order chi connectivity index (χ1) is 11.1. The van der Waals surface area contributed by atoms with Gasteiger partial charge in [0.1, 0.15) is 6.61 Å². The van der Waals surface area contributed by atoms with Gasteiger partial charge in [-0.15, -0.1) is 0 Å². The fourth-order valence-corrected chi connectivity index (χ4v) is 2.22. The molecule has 0 spiro atoms. The number of ether oxygens (including phenoxy) is 2. The topological polar surface area (TPSA) is 85.9 Å². The van der Waals surface area contributed by atoms with E-state index >= 15 is 0 Å². The summed E-state index contributed by atoms with van der Waals surface area (Å²) in [5.41, 5.74) is 8.83. The highest BCUT2D eigenvalue weighted by Crippen LogP contribution is 2.29. The number of hydrazone groups is 1. The summed E-state index contributed by atoms with van der Waals surface area (Å²) >= 11 is 3.48. The molecule has 0 saturated carbocycles. The average molecular weight is 378 g/mol.